The average molecular weight is 176 g/mol. The molecule has 0 fully saturated rings. The Balaban J connectivity index is 3.16. The van der Waals surface area contributed by atoms with Gasteiger partial charge in [-0.05, 0) is 13.3 Å². The van der Waals surface area contributed by atoms with E-state index in [-0.39, 0.29) is 12.4 Å². The molecule has 0 heterocycles. The van der Waals surface area contributed by atoms with Gasteiger partial charge in [0, 0.05) is 24.0 Å². The van der Waals surface area contributed by atoms with Crippen molar-refractivity contribution in [3.63, 3.8) is 0 Å². The fourth-order valence-electron chi connectivity index (χ4n) is 0.669. The van der Waals surface area contributed by atoms with E-state index in [0.29, 0.717) is 11.7 Å². The predicted molar refractivity (Wildman–Crippen MR) is 48.9 cm³/mol. The number of ketones is 1. The van der Waals surface area contributed by atoms with Crippen LogP contribution in [0.5, 0.6) is 0 Å². The highest BCUT2D eigenvalue weighted by molar-refractivity contribution is 7.99. The Labute approximate surface area is 72.4 Å². The number of carbonyl (C=O) groups is 1. The molecule has 11 heavy (non-hydrogen) atoms. The molecule has 0 radical (unpaired) electrons. The lowest BCUT2D eigenvalue weighted by Gasteiger charge is -2.07. The van der Waals surface area contributed by atoms with E-state index in [0.717, 1.165) is 12.2 Å². The summed E-state index contributed by atoms with van der Waals surface area (Å²) in [5.74, 6) is 1.13. The first-order chi connectivity index (χ1) is 5.16. The van der Waals surface area contributed by atoms with Crippen LogP contribution < -0.4 is 0 Å². The van der Waals surface area contributed by atoms with E-state index in [2.05, 4.69) is 6.92 Å². The Morgan fingerprint density at radius 3 is 2.73 bits per heavy atom. The maximum absolute atomic E-state index is 10.5. The van der Waals surface area contributed by atoms with E-state index < -0.39 is 0 Å². The van der Waals surface area contributed by atoms with E-state index in [4.69, 9.17) is 5.11 Å². The van der Waals surface area contributed by atoms with Gasteiger partial charge >= 0.3 is 0 Å². The van der Waals surface area contributed by atoms with Gasteiger partial charge in [0.05, 0.1) is 0 Å². The van der Waals surface area contributed by atoms with Gasteiger partial charge in [0.15, 0.2) is 0 Å². The second kappa shape index (κ2) is 6.68. The van der Waals surface area contributed by atoms with Crippen LogP contribution in [0.15, 0.2) is 0 Å². The van der Waals surface area contributed by atoms with E-state index in [9.17, 15) is 4.79 Å². The van der Waals surface area contributed by atoms with Crippen molar-refractivity contribution in [1.29, 1.82) is 0 Å². The van der Waals surface area contributed by atoms with Crippen molar-refractivity contribution >= 4 is 17.5 Å². The minimum Gasteiger partial charge on any atom is -0.396 e. The van der Waals surface area contributed by atoms with Crippen molar-refractivity contribution in [3.8, 4) is 0 Å². The van der Waals surface area contributed by atoms with Gasteiger partial charge in [0.1, 0.15) is 5.78 Å². The number of hydrogen-bond donors (Lipinski definition) is 1. The maximum Gasteiger partial charge on any atom is 0.130 e. The molecule has 0 aromatic heterocycles. The lowest BCUT2D eigenvalue weighted by atomic mass is 10.3. The summed E-state index contributed by atoms with van der Waals surface area (Å²) in [6.45, 7) is 3.92. The molecule has 3 heteroatoms. The van der Waals surface area contributed by atoms with E-state index >= 15 is 0 Å². The first-order valence-corrected chi connectivity index (χ1v) is 4.93. The molecular formula is C8H16O2S. The molecule has 0 amide bonds. The molecule has 0 saturated carbocycles. The Morgan fingerprint density at radius 1 is 1.64 bits per heavy atom. The van der Waals surface area contributed by atoms with Crippen LogP contribution >= 0.6 is 11.8 Å². The normalized spacial score (nSPS) is 13.0. The van der Waals surface area contributed by atoms with Crippen molar-refractivity contribution < 1.29 is 9.90 Å². The topological polar surface area (TPSA) is 37.3 Å². The van der Waals surface area contributed by atoms with E-state index in [1.165, 1.54) is 0 Å². The van der Waals surface area contributed by atoms with E-state index in [1.807, 2.05) is 0 Å². The predicted octanol–water partition coefficient (Wildman–Crippen LogP) is 1.47. The minimum atomic E-state index is 0.244. The summed E-state index contributed by atoms with van der Waals surface area (Å²) in [6.07, 6.45) is 1.48. The largest absolute Gasteiger partial charge is 0.396 e. The lowest BCUT2D eigenvalue weighted by Crippen LogP contribution is -2.02. The van der Waals surface area contributed by atoms with Gasteiger partial charge in [-0.15, -0.1) is 0 Å². The van der Waals surface area contributed by atoms with Gasteiger partial charge in [-0.3, -0.25) is 4.79 Å². The van der Waals surface area contributed by atoms with E-state index in [1.54, 1.807) is 18.7 Å². The van der Waals surface area contributed by atoms with Crippen LogP contribution in [-0.4, -0.2) is 28.5 Å². The number of hydrogen-bond acceptors (Lipinski definition) is 3. The Morgan fingerprint density at radius 2 is 2.27 bits per heavy atom. The number of aliphatic hydroxyl groups excluding tert-OH is 1. The summed E-state index contributed by atoms with van der Waals surface area (Å²) in [7, 11) is 0. The maximum atomic E-state index is 10.5. The SMILES string of the molecule is CC(=O)CCSC(C)CCO. The smallest absolute Gasteiger partial charge is 0.130 e. The zero-order valence-corrected chi connectivity index (χ0v) is 7.99. The van der Waals surface area contributed by atoms with Crippen molar-refractivity contribution in [2.75, 3.05) is 12.4 Å². The molecular weight excluding hydrogens is 160 g/mol. The zero-order chi connectivity index (χ0) is 8.69. The fourth-order valence-corrected chi connectivity index (χ4v) is 1.75. The quantitative estimate of drug-likeness (QED) is 0.666. The van der Waals surface area contributed by atoms with Gasteiger partial charge < -0.3 is 5.11 Å². The first kappa shape index (κ1) is 11.0. The van der Waals surface area contributed by atoms with Gasteiger partial charge in [0.25, 0.3) is 0 Å². The molecule has 66 valence electrons. The van der Waals surface area contributed by atoms with Gasteiger partial charge in [-0.1, -0.05) is 6.92 Å². The molecule has 0 aromatic rings. The van der Waals surface area contributed by atoms with Gasteiger partial charge in [-0.2, -0.15) is 11.8 Å². The summed E-state index contributed by atoms with van der Waals surface area (Å²) in [5, 5.41) is 9.04. The van der Waals surface area contributed by atoms with Crippen LogP contribution in [0, 0.1) is 0 Å². The van der Waals surface area contributed by atoms with Crippen LogP contribution in [0.25, 0.3) is 0 Å². The molecule has 0 aliphatic carbocycles. The third-order valence-electron chi connectivity index (χ3n) is 1.39. The third kappa shape index (κ3) is 7.88. The number of aliphatic hydroxyl groups is 1. The van der Waals surface area contributed by atoms with Crippen molar-refractivity contribution in [2.45, 2.75) is 31.9 Å². The monoisotopic (exact) mass is 176 g/mol. The molecule has 0 aliphatic rings. The molecule has 1 atom stereocenters. The summed E-state index contributed by atoms with van der Waals surface area (Å²) in [4.78, 5) is 10.5. The van der Waals surface area contributed by atoms with Crippen LogP contribution in [0.4, 0.5) is 0 Å². The number of thioether (sulfide) groups is 1. The Bertz CT molecular complexity index is 115. The van der Waals surface area contributed by atoms with Crippen LogP contribution in [0.2, 0.25) is 0 Å². The van der Waals surface area contributed by atoms with Gasteiger partial charge in [0.2, 0.25) is 0 Å². The molecule has 1 N–H and O–H groups in total. The van der Waals surface area contributed by atoms with Crippen LogP contribution in [0.3, 0.4) is 0 Å². The number of Topliss-reactive ketones (excluding diaryl/α,β-unsaturated/α-hetero) is 1. The standard InChI is InChI=1S/C8H16O2S/c1-7(10)4-6-11-8(2)3-5-9/h8-9H,3-6H2,1-2H3. The van der Waals surface area contributed by atoms with Gasteiger partial charge in [-0.25, -0.2) is 0 Å². The molecule has 0 rings (SSSR count). The molecule has 0 aliphatic heterocycles. The second-order valence-corrected chi connectivity index (χ2v) is 4.19. The van der Waals surface area contributed by atoms with Crippen molar-refractivity contribution in [1.82, 2.24) is 0 Å². The highest BCUT2D eigenvalue weighted by Gasteiger charge is 2.01. The summed E-state index contributed by atoms with van der Waals surface area (Å²) >= 11 is 1.75. The molecule has 0 bridgehead atoms. The molecule has 2 nitrogen and oxygen atoms in total. The first-order valence-electron chi connectivity index (χ1n) is 3.88. The van der Waals surface area contributed by atoms with Crippen molar-refractivity contribution in [3.05, 3.63) is 0 Å². The Hall–Kier alpha value is -0.0200. The highest BCUT2D eigenvalue weighted by atomic mass is 32.2. The zero-order valence-electron chi connectivity index (χ0n) is 7.17. The number of carbonyl (C=O) groups excluding carboxylic acids is 1. The molecule has 0 aromatic carbocycles. The highest BCUT2D eigenvalue weighted by Crippen LogP contribution is 2.14. The number of rotatable bonds is 6. The molecule has 0 saturated heterocycles. The summed E-state index contributed by atoms with van der Waals surface area (Å²) in [6, 6.07) is 0. The third-order valence-corrected chi connectivity index (χ3v) is 2.64. The second-order valence-electron chi connectivity index (χ2n) is 2.65. The summed E-state index contributed by atoms with van der Waals surface area (Å²) in [5.41, 5.74) is 0. The van der Waals surface area contributed by atoms with Crippen LogP contribution in [-0.2, 0) is 4.79 Å². The Kier molecular flexibility index (Phi) is 6.66. The van der Waals surface area contributed by atoms with Crippen molar-refractivity contribution in [2.24, 2.45) is 0 Å². The molecule has 0 spiro atoms. The average Bonchev–Trinajstić information content (AvgIpc) is 1.87. The van der Waals surface area contributed by atoms with Crippen LogP contribution in [0.1, 0.15) is 26.7 Å². The lowest BCUT2D eigenvalue weighted by molar-refractivity contribution is -0.116. The molecule has 1 unspecified atom stereocenters. The minimum absolute atomic E-state index is 0.244. The summed E-state index contributed by atoms with van der Waals surface area (Å²) < 4.78 is 0. The fraction of sp³-hybridized carbons (Fsp3) is 0.875.